The zero-order valence-electron chi connectivity index (χ0n) is 18.1. The Labute approximate surface area is 181 Å². The van der Waals surface area contributed by atoms with E-state index in [0.29, 0.717) is 13.1 Å². The summed E-state index contributed by atoms with van der Waals surface area (Å²) in [6.07, 6.45) is 7.30. The molecule has 1 atom stereocenters. The van der Waals surface area contributed by atoms with Crippen LogP contribution in [0.25, 0.3) is 33.3 Å². The number of likely N-dealkylation sites (tertiary alicyclic amines) is 1. The van der Waals surface area contributed by atoms with Crippen molar-refractivity contribution < 1.29 is 9.53 Å². The van der Waals surface area contributed by atoms with Crippen LogP contribution in [-0.4, -0.2) is 49.2 Å². The Morgan fingerprint density at radius 3 is 2.87 bits per heavy atom. The second-order valence-electron chi connectivity index (χ2n) is 9.14. The maximum atomic E-state index is 12.8. The van der Waals surface area contributed by atoms with Gasteiger partial charge in [0.2, 0.25) is 0 Å². The first-order valence-electron chi connectivity index (χ1n) is 10.8. The average molecular weight is 418 g/mol. The van der Waals surface area contributed by atoms with E-state index in [1.807, 2.05) is 62.5 Å². The summed E-state index contributed by atoms with van der Waals surface area (Å²) >= 11 is 0. The summed E-state index contributed by atoms with van der Waals surface area (Å²) in [6, 6.07) is 10.3. The molecule has 0 radical (unpaired) electrons. The van der Waals surface area contributed by atoms with Gasteiger partial charge in [-0.05, 0) is 57.9 Å². The van der Waals surface area contributed by atoms with E-state index in [-0.39, 0.29) is 12.1 Å². The van der Waals surface area contributed by atoms with Crippen molar-refractivity contribution in [2.24, 2.45) is 0 Å². The Morgan fingerprint density at radius 2 is 2.10 bits per heavy atom. The normalized spacial score (nSPS) is 17.4. The third-order valence-electron chi connectivity index (χ3n) is 5.72. The van der Waals surface area contributed by atoms with E-state index in [0.717, 1.165) is 46.2 Å². The maximum Gasteiger partial charge on any atom is 0.410 e. The molecular weight excluding hydrogens is 390 g/mol. The number of carbonyl (C=O) groups excluding carboxylic acids is 1. The molecule has 0 saturated carbocycles. The Hall–Kier alpha value is -3.35. The molecule has 7 heteroatoms. The number of nitrogens with one attached hydrogen (secondary N) is 1. The molecule has 0 aromatic carbocycles. The number of hydrogen-bond donors (Lipinski definition) is 1. The first-order valence-corrected chi connectivity index (χ1v) is 10.8. The topological polar surface area (TPSA) is 76.0 Å². The predicted molar refractivity (Wildman–Crippen MR) is 121 cm³/mol. The van der Waals surface area contributed by atoms with Crippen LogP contribution in [0.2, 0.25) is 0 Å². The minimum Gasteiger partial charge on any atom is -0.444 e. The molecule has 1 unspecified atom stereocenters. The minimum absolute atomic E-state index is 0.122. The molecular formula is C24H27N5O2. The van der Waals surface area contributed by atoms with E-state index in [1.165, 1.54) is 0 Å². The van der Waals surface area contributed by atoms with Crippen molar-refractivity contribution in [3.63, 3.8) is 0 Å². The maximum absolute atomic E-state index is 12.8. The van der Waals surface area contributed by atoms with E-state index in [1.54, 1.807) is 0 Å². The standard InChI is InChI=1S/C24H27N5O2/c1-24(2,3)31-23(30)28-12-6-7-17(15-28)29-20(19-8-4-5-10-25-19)13-16-14-27-22-18(21(16)29)9-11-26-22/h4-5,8-11,13-14,17H,6-7,12,15H2,1-3H3,(H,26,27). The predicted octanol–water partition coefficient (Wildman–Crippen LogP) is 5.15. The van der Waals surface area contributed by atoms with Crippen molar-refractivity contribution in [2.75, 3.05) is 13.1 Å². The highest BCUT2D eigenvalue weighted by atomic mass is 16.6. The van der Waals surface area contributed by atoms with Crippen molar-refractivity contribution in [3.05, 3.63) is 48.9 Å². The zero-order chi connectivity index (χ0) is 21.6. The summed E-state index contributed by atoms with van der Waals surface area (Å²) in [6.45, 7) is 7.03. The van der Waals surface area contributed by atoms with Crippen molar-refractivity contribution >= 4 is 28.0 Å². The lowest BCUT2D eigenvalue weighted by atomic mass is 10.0. The number of pyridine rings is 2. The van der Waals surface area contributed by atoms with Gasteiger partial charge >= 0.3 is 6.09 Å². The first-order chi connectivity index (χ1) is 14.9. The highest BCUT2D eigenvalue weighted by molar-refractivity contribution is 6.04. The Morgan fingerprint density at radius 1 is 1.23 bits per heavy atom. The smallest absolute Gasteiger partial charge is 0.410 e. The van der Waals surface area contributed by atoms with Crippen LogP contribution in [0.3, 0.4) is 0 Å². The highest BCUT2D eigenvalue weighted by Crippen LogP contribution is 2.37. The molecule has 4 aromatic rings. The molecule has 0 spiro atoms. The zero-order valence-corrected chi connectivity index (χ0v) is 18.1. The number of rotatable bonds is 2. The molecule has 160 valence electrons. The fourth-order valence-electron chi connectivity index (χ4n) is 4.47. The molecule has 1 N–H and O–H groups in total. The third kappa shape index (κ3) is 3.65. The minimum atomic E-state index is -0.508. The largest absolute Gasteiger partial charge is 0.444 e. The molecule has 0 aliphatic carbocycles. The number of H-pyrrole nitrogens is 1. The van der Waals surface area contributed by atoms with Crippen molar-refractivity contribution in [1.29, 1.82) is 0 Å². The summed E-state index contributed by atoms with van der Waals surface area (Å²) in [5.74, 6) is 0. The average Bonchev–Trinajstić information content (AvgIpc) is 3.37. The fraction of sp³-hybridized carbons (Fsp3) is 0.375. The molecule has 1 saturated heterocycles. The molecule has 1 fully saturated rings. The molecule has 5 heterocycles. The third-order valence-corrected chi connectivity index (χ3v) is 5.72. The van der Waals surface area contributed by atoms with Crippen LogP contribution >= 0.6 is 0 Å². The van der Waals surface area contributed by atoms with Gasteiger partial charge in [-0.3, -0.25) is 4.98 Å². The van der Waals surface area contributed by atoms with Gasteiger partial charge in [-0.1, -0.05) is 6.07 Å². The van der Waals surface area contributed by atoms with E-state index in [4.69, 9.17) is 4.74 Å². The van der Waals surface area contributed by atoms with Gasteiger partial charge in [0, 0.05) is 42.5 Å². The quantitative estimate of drug-likeness (QED) is 0.489. The molecule has 31 heavy (non-hydrogen) atoms. The van der Waals surface area contributed by atoms with Gasteiger partial charge in [0.15, 0.2) is 0 Å². The molecule has 1 amide bonds. The van der Waals surface area contributed by atoms with E-state index < -0.39 is 5.60 Å². The summed E-state index contributed by atoms with van der Waals surface area (Å²) in [5, 5.41) is 2.15. The number of piperidine rings is 1. The Bertz CT molecular complexity index is 1240. The van der Waals surface area contributed by atoms with E-state index in [2.05, 4.69) is 31.7 Å². The van der Waals surface area contributed by atoms with Crippen molar-refractivity contribution in [3.8, 4) is 11.4 Å². The monoisotopic (exact) mass is 417 g/mol. The molecule has 4 aromatic heterocycles. The number of hydrogen-bond acceptors (Lipinski definition) is 4. The second kappa shape index (κ2) is 7.41. The van der Waals surface area contributed by atoms with Gasteiger partial charge in [-0.15, -0.1) is 0 Å². The lowest BCUT2D eigenvalue weighted by molar-refractivity contribution is 0.0175. The van der Waals surface area contributed by atoms with Gasteiger partial charge in [-0.2, -0.15) is 0 Å². The van der Waals surface area contributed by atoms with Crippen LogP contribution in [0.15, 0.2) is 48.9 Å². The van der Waals surface area contributed by atoms with Gasteiger partial charge < -0.3 is 19.2 Å². The van der Waals surface area contributed by atoms with Crippen molar-refractivity contribution in [2.45, 2.75) is 45.3 Å². The number of amides is 1. The fourth-order valence-corrected chi connectivity index (χ4v) is 4.47. The SMILES string of the molecule is CC(C)(C)OC(=O)N1CCCC(n2c(-c3ccccn3)cc3cnc4[nH]ccc4c32)C1. The van der Waals surface area contributed by atoms with Gasteiger partial charge in [0.05, 0.1) is 22.9 Å². The Balaban J connectivity index is 1.62. The van der Waals surface area contributed by atoms with E-state index >= 15 is 0 Å². The van der Waals surface area contributed by atoms with Crippen LogP contribution in [0.1, 0.15) is 39.7 Å². The molecule has 1 aliphatic rings. The van der Waals surface area contributed by atoms with Crippen LogP contribution < -0.4 is 0 Å². The number of aromatic nitrogens is 4. The molecule has 0 bridgehead atoms. The van der Waals surface area contributed by atoms with Gasteiger partial charge in [0.25, 0.3) is 0 Å². The van der Waals surface area contributed by atoms with Crippen LogP contribution in [0.5, 0.6) is 0 Å². The van der Waals surface area contributed by atoms with Crippen LogP contribution in [0, 0.1) is 0 Å². The van der Waals surface area contributed by atoms with Gasteiger partial charge in [-0.25, -0.2) is 9.78 Å². The molecule has 1 aliphatic heterocycles. The summed E-state index contributed by atoms with van der Waals surface area (Å²) in [5.41, 5.74) is 3.44. The summed E-state index contributed by atoms with van der Waals surface area (Å²) in [4.78, 5) is 27.0. The van der Waals surface area contributed by atoms with Crippen molar-refractivity contribution in [1.82, 2.24) is 24.4 Å². The summed E-state index contributed by atoms with van der Waals surface area (Å²) in [7, 11) is 0. The van der Waals surface area contributed by atoms with Crippen LogP contribution in [0.4, 0.5) is 4.79 Å². The van der Waals surface area contributed by atoms with Gasteiger partial charge in [0.1, 0.15) is 11.2 Å². The second-order valence-corrected chi connectivity index (χ2v) is 9.14. The van der Waals surface area contributed by atoms with E-state index in [9.17, 15) is 4.79 Å². The number of fused-ring (bicyclic) bond motifs is 3. The first kappa shape index (κ1) is 19.6. The Kier molecular flexibility index (Phi) is 4.68. The number of carbonyl (C=O) groups is 1. The lowest BCUT2D eigenvalue weighted by Crippen LogP contribution is -2.43. The summed E-state index contributed by atoms with van der Waals surface area (Å²) < 4.78 is 8.01. The molecule has 7 nitrogen and oxygen atoms in total. The number of ether oxygens (including phenoxy) is 1. The molecule has 5 rings (SSSR count). The lowest BCUT2D eigenvalue weighted by Gasteiger charge is -2.35. The van der Waals surface area contributed by atoms with Crippen LogP contribution in [-0.2, 0) is 4.74 Å². The number of aromatic amines is 1. The highest BCUT2D eigenvalue weighted by Gasteiger charge is 2.31. The number of nitrogens with zero attached hydrogens (tertiary/aromatic N) is 4.